The van der Waals surface area contributed by atoms with Crippen molar-refractivity contribution in [2.24, 2.45) is 5.41 Å². The van der Waals surface area contributed by atoms with Crippen LogP contribution in [0.1, 0.15) is 36.3 Å². The first kappa shape index (κ1) is 18.3. The molecule has 2 aliphatic heterocycles. The summed E-state index contributed by atoms with van der Waals surface area (Å²) in [5, 5.41) is 8.02. The first-order valence-electron chi connectivity index (χ1n) is 10.4. The van der Waals surface area contributed by atoms with E-state index in [9.17, 15) is 4.79 Å². The maximum Gasteiger partial charge on any atom is 0.229 e. The summed E-state index contributed by atoms with van der Waals surface area (Å²) in [5.41, 5.74) is 4.20. The molecule has 1 aromatic heterocycles. The second-order valence-electron chi connectivity index (χ2n) is 8.69. The second kappa shape index (κ2) is 7.26. The van der Waals surface area contributed by atoms with Crippen LogP contribution in [0.25, 0.3) is 11.0 Å². The van der Waals surface area contributed by atoms with Crippen LogP contribution < -0.4 is 0 Å². The number of carbonyl (C=O) groups excluding carboxylic acids is 1. The number of nitrogens with zero attached hydrogens (tertiary/aromatic N) is 4. The second-order valence-corrected chi connectivity index (χ2v) is 8.69. The van der Waals surface area contributed by atoms with E-state index in [4.69, 9.17) is 4.63 Å². The lowest BCUT2D eigenvalue weighted by Gasteiger charge is -2.49. The topological polar surface area (TPSA) is 62.5 Å². The maximum absolute atomic E-state index is 12.8. The molecule has 150 valence electrons. The highest BCUT2D eigenvalue weighted by molar-refractivity contribution is 5.84. The number of hydrogen-bond acceptors (Lipinski definition) is 5. The summed E-state index contributed by atoms with van der Waals surface area (Å²) in [7, 11) is 1.96. The average Bonchev–Trinajstić information content (AvgIpc) is 3.23. The number of fused-ring (bicyclic) bond motifs is 1. The molecular weight excluding hydrogens is 364 g/mol. The Balaban J connectivity index is 1.30. The van der Waals surface area contributed by atoms with Crippen LogP contribution >= 0.6 is 0 Å². The molecular formula is C23H26N4O2. The van der Waals surface area contributed by atoms with Gasteiger partial charge in [-0.25, -0.2) is 4.63 Å². The molecule has 2 aliphatic rings. The van der Waals surface area contributed by atoms with E-state index in [2.05, 4.69) is 33.4 Å². The smallest absolute Gasteiger partial charge is 0.229 e. The van der Waals surface area contributed by atoms with Gasteiger partial charge in [-0.05, 0) is 65.3 Å². The van der Waals surface area contributed by atoms with Crippen LogP contribution in [0.15, 0.2) is 53.2 Å². The molecule has 2 fully saturated rings. The van der Waals surface area contributed by atoms with E-state index < -0.39 is 0 Å². The molecule has 1 spiro atoms. The molecule has 5 rings (SSSR count). The molecule has 0 saturated carbocycles. The molecule has 6 heteroatoms. The van der Waals surface area contributed by atoms with Crippen LogP contribution in [0.4, 0.5) is 0 Å². The zero-order chi connectivity index (χ0) is 19.8. The summed E-state index contributed by atoms with van der Waals surface area (Å²) >= 11 is 0. The van der Waals surface area contributed by atoms with Crippen LogP contribution in [0, 0.1) is 5.41 Å². The minimum absolute atomic E-state index is 0.0172. The molecule has 0 radical (unpaired) electrons. The van der Waals surface area contributed by atoms with Crippen LogP contribution in [-0.2, 0) is 11.3 Å². The summed E-state index contributed by atoms with van der Waals surface area (Å²) in [5.74, 6) is 0.242. The molecule has 0 unspecified atom stereocenters. The molecule has 6 nitrogen and oxygen atoms in total. The Morgan fingerprint density at radius 2 is 1.86 bits per heavy atom. The minimum Gasteiger partial charge on any atom is -0.345 e. The number of likely N-dealkylation sites (N-methyl/N-ethyl adjacent to an activating group) is 1. The highest BCUT2D eigenvalue weighted by atomic mass is 16.6. The molecule has 3 aromatic rings. The van der Waals surface area contributed by atoms with Crippen molar-refractivity contribution >= 4 is 16.9 Å². The number of aromatic nitrogens is 2. The number of likely N-dealkylation sites (tertiary alicyclic amines) is 2. The van der Waals surface area contributed by atoms with Gasteiger partial charge in [0.2, 0.25) is 5.91 Å². The van der Waals surface area contributed by atoms with Gasteiger partial charge in [-0.3, -0.25) is 9.69 Å². The van der Waals surface area contributed by atoms with E-state index in [0.717, 1.165) is 67.6 Å². The van der Waals surface area contributed by atoms with Crippen molar-refractivity contribution in [1.29, 1.82) is 0 Å². The predicted molar refractivity (Wildman–Crippen MR) is 110 cm³/mol. The number of rotatable bonds is 3. The fraction of sp³-hybridized carbons (Fsp3) is 0.435. The Kier molecular flexibility index (Phi) is 4.59. The Morgan fingerprint density at radius 1 is 1.07 bits per heavy atom. The third-order valence-corrected chi connectivity index (χ3v) is 6.77. The van der Waals surface area contributed by atoms with Gasteiger partial charge in [0.25, 0.3) is 0 Å². The Labute approximate surface area is 170 Å². The predicted octanol–water partition coefficient (Wildman–Crippen LogP) is 3.45. The van der Waals surface area contributed by atoms with Gasteiger partial charge in [-0.1, -0.05) is 42.5 Å². The fourth-order valence-electron chi connectivity index (χ4n) is 5.16. The van der Waals surface area contributed by atoms with E-state index >= 15 is 0 Å². The number of carbonyl (C=O) groups is 1. The minimum atomic E-state index is -0.0172. The normalized spacial score (nSPS) is 22.4. The fourth-order valence-corrected chi connectivity index (χ4v) is 5.16. The lowest BCUT2D eigenvalue weighted by atomic mass is 9.67. The van der Waals surface area contributed by atoms with E-state index in [1.807, 2.05) is 42.3 Å². The molecule has 2 aromatic carbocycles. The Hall–Kier alpha value is -2.73. The third-order valence-electron chi connectivity index (χ3n) is 6.77. The molecule has 3 heterocycles. The standard InChI is InChI=1S/C23H26N4O2/c1-26-16-23(14-19(22(26)28)17-6-3-2-4-7-17)10-12-27(13-11-23)15-18-8-5-9-20-21(18)25-29-24-20/h2-9,19H,10-16H2,1H3/t19-/m1/s1. The summed E-state index contributed by atoms with van der Waals surface area (Å²) in [6, 6.07) is 16.3. The number of amides is 1. The molecule has 2 saturated heterocycles. The maximum atomic E-state index is 12.8. The van der Waals surface area contributed by atoms with Gasteiger partial charge in [-0.15, -0.1) is 0 Å². The van der Waals surface area contributed by atoms with Crippen molar-refractivity contribution in [3.63, 3.8) is 0 Å². The van der Waals surface area contributed by atoms with Gasteiger partial charge in [0.15, 0.2) is 0 Å². The van der Waals surface area contributed by atoms with Crippen LogP contribution in [0.5, 0.6) is 0 Å². The highest BCUT2D eigenvalue weighted by Gasteiger charge is 2.45. The summed E-state index contributed by atoms with van der Waals surface area (Å²) in [6.07, 6.45) is 3.18. The molecule has 29 heavy (non-hydrogen) atoms. The van der Waals surface area contributed by atoms with Crippen molar-refractivity contribution < 1.29 is 9.42 Å². The van der Waals surface area contributed by atoms with Crippen molar-refractivity contribution in [3.05, 3.63) is 59.7 Å². The van der Waals surface area contributed by atoms with Gasteiger partial charge in [0, 0.05) is 20.1 Å². The SMILES string of the molecule is CN1CC2(CCN(Cc3cccc4nonc34)CC2)C[C@H](c2ccccc2)C1=O. The van der Waals surface area contributed by atoms with E-state index in [1.54, 1.807) is 0 Å². The van der Waals surface area contributed by atoms with Gasteiger partial charge >= 0.3 is 0 Å². The van der Waals surface area contributed by atoms with E-state index in [0.29, 0.717) is 0 Å². The average molecular weight is 390 g/mol. The Bertz CT molecular complexity index is 1010. The van der Waals surface area contributed by atoms with Gasteiger partial charge in [0.1, 0.15) is 11.0 Å². The summed E-state index contributed by atoms with van der Waals surface area (Å²) < 4.78 is 4.90. The van der Waals surface area contributed by atoms with Gasteiger partial charge < -0.3 is 4.90 Å². The van der Waals surface area contributed by atoms with Crippen molar-refractivity contribution in [3.8, 4) is 0 Å². The van der Waals surface area contributed by atoms with Crippen LogP contribution in [0.2, 0.25) is 0 Å². The van der Waals surface area contributed by atoms with E-state index in [1.165, 1.54) is 0 Å². The lowest BCUT2D eigenvalue weighted by molar-refractivity contribution is -0.139. The van der Waals surface area contributed by atoms with Gasteiger partial charge in [-0.2, -0.15) is 0 Å². The monoisotopic (exact) mass is 390 g/mol. The molecule has 0 aliphatic carbocycles. The number of benzene rings is 2. The highest BCUT2D eigenvalue weighted by Crippen LogP contribution is 2.45. The quantitative estimate of drug-likeness (QED) is 0.685. The largest absolute Gasteiger partial charge is 0.345 e. The third kappa shape index (κ3) is 3.42. The van der Waals surface area contributed by atoms with Crippen molar-refractivity contribution in [2.75, 3.05) is 26.7 Å². The zero-order valence-corrected chi connectivity index (χ0v) is 16.8. The zero-order valence-electron chi connectivity index (χ0n) is 16.8. The van der Waals surface area contributed by atoms with Crippen molar-refractivity contribution in [1.82, 2.24) is 20.1 Å². The summed E-state index contributed by atoms with van der Waals surface area (Å²) in [6.45, 7) is 3.79. The van der Waals surface area contributed by atoms with Crippen LogP contribution in [0.3, 0.4) is 0 Å². The lowest BCUT2D eigenvalue weighted by Crippen LogP contribution is -2.52. The number of piperidine rings is 2. The first-order chi connectivity index (χ1) is 14.1. The molecule has 1 atom stereocenters. The summed E-state index contributed by atoms with van der Waals surface area (Å²) in [4.78, 5) is 17.3. The van der Waals surface area contributed by atoms with Crippen molar-refractivity contribution in [2.45, 2.75) is 31.7 Å². The first-order valence-corrected chi connectivity index (χ1v) is 10.4. The van der Waals surface area contributed by atoms with Gasteiger partial charge in [0.05, 0.1) is 5.92 Å². The molecule has 0 N–H and O–H groups in total. The molecule has 0 bridgehead atoms. The number of hydrogen-bond donors (Lipinski definition) is 0. The van der Waals surface area contributed by atoms with E-state index in [-0.39, 0.29) is 17.2 Å². The van der Waals surface area contributed by atoms with Crippen LogP contribution in [-0.4, -0.2) is 52.7 Å². The molecule has 1 amide bonds. The Morgan fingerprint density at radius 3 is 2.66 bits per heavy atom.